The summed E-state index contributed by atoms with van der Waals surface area (Å²) in [6.45, 7) is 3.98. The van der Waals surface area contributed by atoms with E-state index in [0.29, 0.717) is 10.9 Å². The molecule has 0 fully saturated rings. The van der Waals surface area contributed by atoms with Crippen LogP contribution in [0.1, 0.15) is 16.7 Å². The van der Waals surface area contributed by atoms with E-state index in [1.807, 2.05) is 50.2 Å². The number of carbonyl (C=O) groups excluding carboxylic acids is 1. The molecule has 5 nitrogen and oxygen atoms in total. The van der Waals surface area contributed by atoms with Gasteiger partial charge in [0.15, 0.2) is 5.17 Å². The first-order valence-corrected chi connectivity index (χ1v) is 9.37. The zero-order chi connectivity index (χ0) is 19.4. The van der Waals surface area contributed by atoms with Crippen molar-refractivity contribution in [2.75, 3.05) is 17.8 Å². The van der Waals surface area contributed by atoms with Gasteiger partial charge in [-0.05, 0) is 60.9 Å². The van der Waals surface area contributed by atoms with E-state index in [0.717, 1.165) is 28.1 Å². The van der Waals surface area contributed by atoms with Gasteiger partial charge >= 0.3 is 0 Å². The number of nitrogens with zero attached hydrogens (tertiary/aromatic N) is 3. The number of carbonyl (C=O) groups is 1. The van der Waals surface area contributed by atoms with Gasteiger partial charge in [-0.25, -0.2) is 4.99 Å². The van der Waals surface area contributed by atoms with Crippen LogP contribution in [0.25, 0.3) is 6.08 Å². The second-order valence-corrected chi connectivity index (χ2v) is 7.07. The molecule has 0 N–H and O–H groups in total. The van der Waals surface area contributed by atoms with Crippen LogP contribution in [0, 0.1) is 25.2 Å². The summed E-state index contributed by atoms with van der Waals surface area (Å²) in [6, 6.07) is 15.5. The van der Waals surface area contributed by atoms with E-state index >= 15 is 0 Å². The monoisotopic (exact) mass is 377 g/mol. The van der Waals surface area contributed by atoms with Crippen molar-refractivity contribution in [3.8, 4) is 11.8 Å². The van der Waals surface area contributed by atoms with Crippen LogP contribution in [0.2, 0.25) is 0 Å². The van der Waals surface area contributed by atoms with Gasteiger partial charge in [0.1, 0.15) is 11.4 Å². The Morgan fingerprint density at radius 3 is 2.44 bits per heavy atom. The first-order chi connectivity index (χ1) is 13.0. The third-order valence-electron chi connectivity index (χ3n) is 3.98. The largest absolute Gasteiger partial charge is 0.497 e. The molecule has 27 heavy (non-hydrogen) atoms. The van der Waals surface area contributed by atoms with Crippen molar-refractivity contribution in [1.82, 2.24) is 0 Å². The molecule has 0 aromatic heterocycles. The zero-order valence-electron chi connectivity index (χ0n) is 15.4. The average molecular weight is 377 g/mol. The molecule has 0 atom stereocenters. The maximum atomic E-state index is 13.1. The molecule has 0 saturated carbocycles. The minimum atomic E-state index is -0.198. The summed E-state index contributed by atoms with van der Waals surface area (Å²) in [5.74, 6) is 0.778. The molecule has 2 aromatic rings. The summed E-state index contributed by atoms with van der Waals surface area (Å²) >= 11 is 1.26. The number of aryl methyl sites for hydroxylation is 2. The lowest BCUT2D eigenvalue weighted by Crippen LogP contribution is -2.30. The lowest BCUT2D eigenvalue weighted by Gasteiger charge is -2.18. The highest BCUT2D eigenvalue weighted by molar-refractivity contribution is 8.14. The Kier molecular flexibility index (Phi) is 5.63. The van der Waals surface area contributed by atoms with Crippen molar-refractivity contribution in [3.63, 3.8) is 0 Å². The van der Waals surface area contributed by atoms with Crippen molar-refractivity contribution >= 4 is 34.6 Å². The molecule has 6 heteroatoms. The number of ether oxygens (including phenoxy) is 1. The van der Waals surface area contributed by atoms with E-state index in [2.05, 4.69) is 17.1 Å². The molecule has 3 rings (SSSR count). The van der Waals surface area contributed by atoms with Crippen molar-refractivity contribution in [2.45, 2.75) is 13.8 Å². The summed E-state index contributed by atoms with van der Waals surface area (Å²) in [6.07, 6.45) is 1.75. The quantitative estimate of drug-likeness (QED) is 0.745. The van der Waals surface area contributed by atoms with E-state index in [1.165, 1.54) is 11.8 Å². The van der Waals surface area contributed by atoms with Gasteiger partial charge in [0.05, 0.1) is 24.6 Å². The number of amidine groups is 1. The first-order valence-electron chi connectivity index (χ1n) is 8.39. The van der Waals surface area contributed by atoms with Gasteiger partial charge in [0.25, 0.3) is 5.91 Å². The van der Waals surface area contributed by atoms with E-state index in [1.54, 1.807) is 18.1 Å². The molecule has 1 amide bonds. The molecule has 0 saturated heterocycles. The number of thioether (sulfide) groups is 1. The number of aliphatic imine (C=N–C) groups is 1. The van der Waals surface area contributed by atoms with Gasteiger partial charge in [-0.1, -0.05) is 30.0 Å². The van der Waals surface area contributed by atoms with Crippen molar-refractivity contribution in [1.29, 1.82) is 5.26 Å². The van der Waals surface area contributed by atoms with Gasteiger partial charge in [-0.2, -0.15) is 5.26 Å². The smallest absolute Gasteiger partial charge is 0.283 e. The maximum absolute atomic E-state index is 13.1. The number of anilines is 1. The SMILES string of the molecule is COc1ccc(/C=C2\N=C(SCC#N)N(c3cc(C)cc(C)c3)C2=O)cc1. The number of hydrogen-bond acceptors (Lipinski definition) is 5. The fourth-order valence-corrected chi connectivity index (χ4v) is 3.53. The third-order valence-corrected chi connectivity index (χ3v) is 4.78. The van der Waals surface area contributed by atoms with E-state index in [9.17, 15) is 4.79 Å². The van der Waals surface area contributed by atoms with Gasteiger partial charge in [-0.15, -0.1) is 0 Å². The Morgan fingerprint density at radius 2 is 1.85 bits per heavy atom. The maximum Gasteiger partial charge on any atom is 0.283 e. The second kappa shape index (κ2) is 8.11. The van der Waals surface area contributed by atoms with Crippen LogP contribution >= 0.6 is 11.8 Å². The Bertz CT molecular complexity index is 952. The molecule has 0 radical (unpaired) electrons. The molecule has 2 aromatic carbocycles. The van der Waals surface area contributed by atoms with Crippen LogP contribution in [-0.2, 0) is 4.79 Å². The summed E-state index contributed by atoms with van der Waals surface area (Å²) in [4.78, 5) is 19.1. The highest BCUT2D eigenvalue weighted by atomic mass is 32.2. The number of nitriles is 1. The predicted molar refractivity (Wildman–Crippen MR) is 110 cm³/mol. The minimum Gasteiger partial charge on any atom is -0.497 e. The van der Waals surface area contributed by atoms with E-state index in [4.69, 9.17) is 10.00 Å². The van der Waals surface area contributed by atoms with Crippen molar-refractivity contribution in [3.05, 3.63) is 64.9 Å². The fraction of sp³-hybridized carbons (Fsp3) is 0.190. The molecule has 0 spiro atoms. The van der Waals surface area contributed by atoms with Crippen LogP contribution in [0.3, 0.4) is 0 Å². The standard InChI is InChI=1S/C21H19N3O2S/c1-14-10-15(2)12-17(11-14)24-20(25)19(23-21(24)27-9-8-22)13-16-4-6-18(26-3)7-5-16/h4-7,10-13H,9H2,1-3H3/b19-13-. The number of amides is 1. The normalized spacial score (nSPS) is 15.0. The number of benzene rings is 2. The van der Waals surface area contributed by atoms with Crippen LogP contribution in [-0.4, -0.2) is 23.9 Å². The molecule has 136 valence electrons. The molecule has 1 aliphatic heterocycles. The predicted octanol–water partition coefficient (Wildman–Crippen LogP) is 4.31. The Balaban J connectivity index is 1.99. The van der Waals surface area contributed by atoms with E-state index in [-0.39, 0.29) is 11.7 Å². The van der Waals surface area contributed by atoms with Crippen LogP contribution in [0.15, 0.2) is 53.2 Å². The molecular formula is C21H19N3O2S. The first kappa shape index (κ1) is 18.7. The molecule has 0 bridgehead atoms. The van der Waals surface area contributed by atoms with Gasteiger partial charge < -0.3 is 4.74 Å². The highest BCUT2D eigenvalue weighted by Gasteiger charge is 2.32. The minimum absolute atomic E-state index is 0.198. The Labute approximate surface area is 163 Å². The van der Waals surface area contributed by atoms with E-state index < -0.39 is 0 Å². The summed E-state index contributed by atoms with van der Waals surface area (Å²) in [7, 11) is 1.61. The van der Waals surface area contributed by atoms with Crippen LogP contribution in [0.4, 0.5) is 5.69 Å². The molecule has 1 aliphatic rings. The van der Waals surface area contributed by atoms with Crippen LogP contribution < -0.4 is 9.64 Å². The van der Waals surface area contributed by atoms with Gasteiger partial charge in [-0.3, -0.25) is 9.69 Å². The van der Waals surface area contributed by atoms with Gasteiger partial charge in [0.2, 0.25) is 0 Å². The number of hydrogen-bond donors (Lipinski definition) is 0. The topological polar surface area (TPSA) is 65.7 Å². The van der Waals surface area contributed by atoms with Gasteiger partial charge in [0, 0.05) is 0 Å². The summed E-state index contributed by atoms with van der Waals surface area (Å²) in [5.41, 5.74) is 4.10. The lowest BCUT2D eigenvalue weighted by atomic mass is 10.1. The summed E-state index contributed by atoms with van der Waals surface area (Å²) in [5, 5.41) is 9.45. The van der Waals surface area contributed by atoms with Crippen molar-refractivity contribution in [2.24, 2.45) is 4.99 Å². The average Bonchev–Trinajstić information content (AvgIpc) is 2.95. The number of methoxy groups -OCH3 is 1. The fourth-order valence-electron chi connectivity index (χ4n) is 2.86. The highest BCUT2D eigenvalue weighted by Crippen LogP contribution is 2.30. The zero-order valence-corrected chi connectivity index (χ0v) is 16.2. The third kappa shape index (κ3) is 4.21. The molecule has 1 heterocycles. The Morgan fingerprint density at radius 1 is 1.19 bits per heavy atom. The molecule has 0 unspecified atom stereocenters. The lowest BCUT2D eigenvalue weighted by molar-refractivity contribution is -0.113. The number of rotatable bonds is 4. The van der Waals surface area contributed by atoms with Crippen LogP contribution in [0.5, 0.6) is 5.75 Å². The molecule has 0 aliphatic carbocycles. The Hall–Kier alpha value is -3.04. The summed E-state index contributed by atoms with van der Waals surface area (Å²) < 4.78 is 5.16. The second-order valence-electron chi connectivity index (χ2n) is 6.13. The molecular weight excluding hydrogens is 358 g/mol. The van der Waals surface area contributed by atoms with Crippen molar-refractivity contribution < 1.29 is 9.53 Å².